The topological polar surface area (TPSA) is 53.9 Å². The number of benzene rings is 1. The van der Waals surface area contributed by atoms with Crippen molar-refractivity contribution in [2.75, 3.05) is 18.6 Å². The molecule has 0 amide bonds. The maximum Gasteiger partial charge on any atom is 0.376 e. The van der Waals surface area contributed by atoms with E-state index in [0.717, 1.165) is 25.8 Å². The second-order valence-corrected chi connectivity index (χ2v) is 5.91. The van der Waals surface area contributed by atoms with E-state index in [1.54, 1.807) is 13.0 Å². The van der Waals surface area contributed by atoms with Gasteiger partial charge in [-0.05, 0) is 44.7 Å². The summed E-state index contributed by atoms with van der Waals surface area (Å²) in [6.07, 6.45) is 4.29. The summed E-state index contributed by atoms with van der Waals surface area (Å²) in [4.78, 5) is 14.4. The van der Waals surface area contributed by atoms with Crippen LogP contribution in [-0.4, -0.2) is 35.9 Å². The lowest BCUT2D eigenvalue weighted by Gasteiger charge is -2.36. The highest BCUT2D eigenvalue weighted by Gasteiger charge is 2.29. The predicted octanol–water partition coefficient (Wildman–Crippen LogP) is 3.89. The number of hydrazone groups is 1. The number of para-hydroxylation sites is 1. The first-order valence-electron chi connectivity index (χ1n) is 8.19. The predicted molar refractivity (Wildman–Crippen MR) is 93.8 cm³/mol. The molecule has 0 aromatic heterocycles. The number of nitrogens with zero attached hydrogens (tertiary/aromatic N) is 2. The van der Waals surface area contributed by atoms with Crippen LogP contribution in [0.15, 0.2) is 29.4 Å². The van der Waals surface area contributed by atoms with Gasteiger partial charge in [0, 0.05) is 12.6 Å². The first kappa shape index (κ1) is 17.6. The maximum atomic E-state index is 12.3. The number of anilines is 1. The Morgan fingerprint density at radius 1 is 1.39 bits per heavy atom. The number of ether oxygens (including phenoxy) is 1. The molecule has 126 valence electrons. The molecular formula is C17H24ClN3O2. The van der Waals surface area contributed by atoms with Crippen LogP contribution in [0, 0.1) is 0 Å². The standard InChI is InChI=1S/C17H24ClN3O2/c1-3-13-9-7-8-12-21(13)16(17(22)23-4-2)20-19-15-11-6-5-10-14(15)18/h5-6,10-11,13,19H,3-4,7-9,12H2,1-2H3/t13-/m0/s1. The summed E-state index contributed by atoms with van der Waals surface area (Å²) in [7, 11) is 0. The van der Waals surface area contributed by atoms with Crippen LogP contribution in [0.5, 0.6) is 0 Å². The van der Waals surface area contributed by atoms with Gasteiger partial charge in [0.1, 0.15) is 0 Å². The summed E-state index contributed by atoms with van der Waals surface area (Å²) in [5.41, 5.74) is 3.58. The van der Waals surface area contributed by atoms with Crippen LogP contribution >= 0.6 is 11.6 Å². The molecule has 0 radical (unpaired) electrons. The third-order valence-electron chi connectivity index (χ3n) is 3.98. The fourth-order valence-electron chi connectivity index (χ4n) is 2.79. The van der Waals surface area contributed by atoms with Crippen LogP contribution in [0.3, 0.4) is 0 Å². The number of hydrogen-bond donors (Lipinski definition) is 1. The molecule has 1 heterocycles. The van der Waals surface area contributed by atoms with Gasteiger partial charge in [0.25, 0.3) is 0 Å². The number of likely N-dealkylation sites (tertiary alicyclic amines) is 1. The van der Waals surface area contributed by atoms with Gasteiger partial charge in [-0.15, -0.1) is 5.10 Å². The molecule has 6 heteroatoms. The summed E-state index contributed by atoms with van der Waals surface area (Å²) < 4.78 is 5.18. The van der Waals surface area contributed by atoms with Crippen LogP contribution in [-0.2, 0) is 9.53 Å². The lowest BCUT2D eigenvalue weighted by Crippen LogP contribution is -2.47. The van der Waals surface area contributed by atoms with Crippen molar-refractivity contribution in [3.8, 4) is 0 Å². The third kappa shape index (κ3) is 4.61. The maximum absolute atomic E-state index is 12.3. The Morgan fingerprint density at radius 3 is 2.87 bits per heavy atom. The molecule has 1 atom stereocenters. The second-order valence-electron chi connectivity index (χ2n) is 5.50. The van der Waals surface area contributed by atoms with E-state index >= 15 is 0 Å². The number of piperidine rings is 1. The van der Waals surface area contributed by atoms with Crippen LogP contribution in [0.4, 0.5) is 5.69 Å². The first-order valence-corrected chi connectivity index (χ1v) is 8.57. The number of carbonyl (C=O) groups excluding carboxylic acids is 1. The van der Waals surface area contributed by atoms with E-state index in [2.05, 4.69) is 22.4 Å². The molecule has 1 aliphatic heterocycles. The zero-order valence-electron chi connectivity index (χ0n) is 13.7. The molecule has 1 aromatic carbocycles. The smallest absolute Gasteiger partial charge is 0.376 e. The zero-order valence-corrected chi connectivity index (χ0v) is 14.5. The molecule has 0 bridgehead atoms. The largest absolute Gasteiger partial charge is 0.460 e. The number of hydrogen-bond acceptors (Lipinski definition) is 4. The molecule has 0 spiro atoms. The van der Waals surface area contributed by atoms with E-state index in [0.29, 0.717) is 29.2 Å². The monoisotopic (exact) mass is 337 g/mol. The Balaban J connectivity index is 2.24. The minimum absolute atomic E-state index is 0.319. The highest BCUT2D eigenvalue weighted by atomic mass is 35.5. The van der Waals surface area contributed by atoms with E-state index < -0.39 is 5.97 Å². The molecule has 0 saturated carbocycles. The van der Waals surface area contributed by atoms with Crippen LogP contribution in [0.1, 0.15) is 39.5 Å². The van der Waals surface area contributed by atoms with Crippen molar-refractivity contribution >= 4 is 29.1 Å². The van der Waals surface area contributed by atoms with Gasteiger partial charge < -0.3 is 9.64 Å². The van der Waals surface area contributed by atoms with Gasteiger partial charge in [0.2, 0.25) is 5.84 Å². The Kier molecular flexibility index (Phi) is 6.71. The molecule has 1 fully saturated rings. The van der Waals surface area contributed by atoms with Crippen molar-refractivity contribution in [3.05, 3.63) is 29.3 Å². The fraction of sp³-hybridized carbons (Fsp3) is 0.529. The number of amidine groups is 1. The van der Waals surface area contributed by atoms with Crippen LogP contribution < -0.4 is 5.43 Å². The van der Waals surface area contributed by atoms with Crippen molar-refractivity contribution in [1.82, 2.24) is 4.90 Å². The van der Waals surface area contributed by atoms with Crippen LogP contribution in [0.2, 0.25) is 5.02 Å². The molecule has 2 rings (SSSR count). The lowest BCUT2D eigenvalue weighted by atomic mass is 10.00. The Hall–Kier alpha value is -1.75. The minimum atomic E-state index is -0.396. The summed E-state index contributed by atoms with van der Waals surface area (Å²) in [5.74, 6) is -0.0641. The summed E-state index contributed by atoms with van der Waals surface area (Å²) in [6.45, 7) is 5.08. The van der Waals surface area contributed by atoms with E-state index in [1.807, 2.05) is 18.2 Å². The number of carbonyl (C=O) groups is 1. The highest BCUT2D eigenvalue weighted by molar-refractivity contribution is 6.36. The number of esters is 1. The van der Waals surface area contributed by atoms with Gasteiger partial charge in [-0.1, -0.05) is 30.7 Å². The summed E-state index contributed by atoms with van der Waals surface area (Å²) >= 11 is 6.13. The van der Waals surface area contributed by atoms with E-state index in [4.69, 9.17) is 16.3 Å². The van der Waals surface area contributed by atoms with E-state index in [9.17, 15) is 4.79 Å². The Morgan fingerprint density at radius 2 is 2.17 bits per heavy atom. The van der Waals surface area contributed by atoms with Crippen molar-refractivity contribution in [1.29, 1.82) is 0 Å². The van der Waals surface area contributed by atoms with Gasteiger partial charge in [-0.3, -0.25) is 5.43 Å². The van der Waals surface area contributed by atoms with E-state index in [-0.39, 0.29) is 0 Å². The molecule has 1 N–H and O–H groups in total. The Labute approximate surface area is 142 Å². The van der Waals surface area contributed by atoms with Gasteiger partial charge >= 0.3 is 5.97 Å². The summed E-state index contributed by atoms with van der Waals surface area (Å²) in [6, 6.07) is 7.63. The molecule has 1 aromatic rings. The average Bonchev–Trinajstić information content (AvgIpc) is 2.57. The third-order valence-corrected chi connectivity index (χ3v) is 4.31. The zero-order chi connectivity index (χ0) is 16.7. The van der Waals surface area contributed by atoms with Crippen LogP contribution in [0.25, 0.3) is 0 Å². The quantitative estimate of drug-likeness (QED) is 0.392. The second kappa shape index (κ2) is 8.77. The SMILES string of the molecule is CCOC(=O)C(=NNc1ccccc1Cl)N1CCCC[C@@H]1CC. The number of nitrogens with one attached hydrogen (secondary N) is 1. The van der Waals surface area contributed by atoms with Gasteiger partial charge in [0.05, 0.1) is 17.3 Å². The van der Waals surface area contributed by atoms with Crippen molar-refractivity contribution < 1.29 is 9.53 Å². The van der Waals surface area contributed by atoms with Crippen molar-refractivity contribution in [3.63, 3.8) is 0 Å². The van der Waals surface area contributed by atoms with Gasteiger partial charge in [-0.25, -0.2) is 4.79 Å². The molecular weight excluding hydrogens is 314 g/mol. The van der Waals surface area contributed by atoms with E-state index in [1.165, 1.54) is 6.42 Å². The Bertz CT molecular complexity index is 563. The number of rotatable bonds is 4. The number of halogens is 1. The fourth-order valence-corrected chi connectivity index (χ4v) is 2.97. The molecule has 1 aliphatic rings. The average molecular weight is 338 g/mol. The molecule has 23 heavy (non-hydrogen) atoms. The molecule has 5 nitrogen and oxygen atoms in total. The molecule has 0 unspecified atom stereocenters. The summed E-state index contributed by atoms with van der Waals surface area (Å²) in [5, 5.41) is 4.89. The lowest BCUT2D eigenvalue weighted by molar-refractivity contribution is -0.136. The van der Waals surface area contributed by atoms with Gasteiger partial charge in [0.15, 0.2) is 0 Å². The van der Waals surface area contributed by atoms with Crippen molar-refractivity contribution in [2.45, 2.75) is 45.6 Å². The highest BCUT2D eigenvalue weighted by Crippen LogP contribution is 2.23. The molecule has 0 aliphatic carbocycles. The van der Waals surface area contributed by atoms with Crippen molar-refractivity contribution in [2.24, 2.45) is 5.10 Å². The first-order chi connectivity index (χ1) is 11.2. The minimum Gasteiger partial charge on any atom is -0.460 e. The molecule has 1 saturated heterocycles. The normalized spacial score (nSPS) is 18.7. The van der Waals surface area contributed by atoms with Gasteiger partial charge in [-0.2, -0.15) is 0 Å².